The van der Waals surface area contributed by atoms with Crippen LogP contribution in [0.3, 0.4) is 0 Å². The van der Waals surface area contributed by atoms with Crippen LogP contribution in [0.25, 0.3) is 0 Å². The third kappa shape index (κ3) is 2.75. The Labute approximate surface area is 107 Å². The summed E-state index contributed by atoms with van der Waals surface area (Å²) in [6.45, 7) is 0. The van der Waals surface area contributed by atoms with Crippen LogP contribution in [0, 0.1) is 5.82 Å². The lowest BCUT2D eigenvalue weighted by atomic mass is 10.2. The molecule has 1 heterocycles. The molecular formula is C12H8ClFN2O2. The van der Waals surface area contributed by atoms with Crippen molar-refractivity contribution in [2.24, 2.45) is 0 Å². The minimum Gasteiger partial charge on any atom is -0.505 e. The van der Waals surface area contributed by atoms with Crippen molar-refractivity contribution in [3.05, 3.63) is 53.1 Å². The number of phenols is 1. The molecule has 0 atom stereocenters. The molecule has 1 aromatic carbocycles. The molecule has 2 N–H and O–H groups in total. The molecule has 1 amide bonds. The van der Waals surface area contributed by atoms with Gasteiger partial charge in [-0.2, -0.15) is 0 Å². The number of benzene rings is 1. The summed E-state index contributed by atoms with van der Waals surface area (Å²) < 4.78 is 13.1. The van der Waals surface area contributed by atoms with Crippen LogP contribution in [0.2, 0.25) is 5.15 Å². The van der Waals surface area contributed by atoms with E-state index in [0.29, 0.717) is 0 Å². The molecule has 4 nitrogen and oxygen atoms in total. The number of anilines is 1. The van der Waals surface area contributed by atoms with Gasteiger partial charge in [-0.05, 0) is 24.3 Å². The average Bonchev–Trinajstić information content (AvgIpc) is 2.34. The van der Waals surface area contributed by atoms with Crippen molar-refractivity contribution < 1.29 is 14.3 Å². The Hall–Kier alpha value is -2.14. The Morgan fingerprint density at radius 1 is 1.33 bits per heavy atom. The Balaban J connectivity index is 2.18. The van der Waals surface area contributed by atoms with Crippen LogP contribution in [0.5, 0.6) is 5.75 Å². The monoisotopic (exact) mass is 266 g/mol. The minimum absolute atomic E-state index is 0.121. The van der Waals surface area contributed by atoms with Crippen LogP contribution in [0.15, 0.2) is 36.4 Å². The van der Waals surface area contributed by atoms with Crippen molar-refractivity contribution in [1.82, 2.24) is 4.98 Å². The highest BCUT2D eigenvalue weighted by atomic mass is 35.5. The molecule has 18 heavy (non-hydrogen) atoms. The molecule has 0 fully saturated rings. The first kappa shape index (κ1) is 12.3. The third-order valence-corrected chi connectivity index (χ3v) is 2.36. The van der Waals surface area contributed by atoms with E-state index in [4.69, 9.17) is 16.7 Å². The SMILES string of the molecule is O=C(Nc1ccc(O)c(F)c1)c1cccc(Cl)n1. The van der Waals surface area contributed by atoms with Gasteiger partial charge in [-0.3, -0.25) is 4.79 Å². The van der Waals surface area contributed by atoms with Gasteiger partial charge in [0, 0.05) is 11.8 Å². The van der Waals surface area contributed by atoms with Crippen molar-refractivity contribution in [1.29, 1.82) is 0 Å². The Morgan fingerprint density at radius 3 is 2.78 bits per heavy atom. The van der Waals surface area contributed by atoms with Gasteiger partial charge in [0.05, 0.1) is 0 Å². The maximum Gasteiger partial charge on any atom is 0.274 e. The first-order valence-corrected chi connectivity index (χ1v) is 5.36. The molecule has 0 spiro atoms. The summed E-state index contributed by atoms with van der Waals surface area (Å²) in [6, 6.07) is 8.15. The fourth-order valence-electron chi connectivity index (χ4n) is 1.31. The number of aromatic nitrogens is 1. The second-order valence-electron chi connectivity index (χ2n) is 3.47. The van der Waals surface area contributed by atoms with Crippen molar-refractivity contribution in [2.75, 3.05) is 5.32 Å². The molecule has 0 saturated heterocycles. The molecule has 0 aliphatic carbocycles. The molecule has 2 aromatic rings. The summed E-state index contributed by atoms with van der Waals surface area (Å²) in [5, 5.41) is 11.7. The second-order valence-corrected chi connectivity index (χ2v) is 3.85. The summed E-state index contributed by atoms with van der Waals surface area (Å²) in [5.74, 6) is -1.80. The van der Waals surface area contributed by atoms with Gasteiger partial charge in [0.1, 0.15) is 10.8 Å². The lowest BCUT2D eigenvalue weighted by Gasteiger charge is -2.05. The molecule has 2 rings (SSSR count). The topological polar surface area (TPSA) is 62.2 Å². The number of hydrogen-bond acceptors (Lipinski definition) is 3. The zero-order valence-electron chi connectivity index (χ0n) is 9.02. The van der Waals surface area contributed by atoms with Crippen LogP contribution in [-0.4, -0.2) is 16.0 Å². The summed E-state index contributed by atoms with van der Waals surface area (Å²) in [6.07, 6.45) is 0. The first-order chi connectivity index (χ1) is 8.56. The fraction of sp³-hybridized carbons (Fsp3) is 0. The molecule has 0 radical (unpaired) electrons. The van der Waals surface area contributed by atoms with Crippen LogP contribution in [0.1, 0.15) is 10.5 Å². The Kier molecular flexibility index (Phi) is 3.43. The zero-order valence-corrected chi connectivity index (χ0v) is 9.78. The average molecular weight is 267 g/mol. The number of aromatic hydroxyl groups is 1. The summed E-state index contributed by atoms with van der Waals surface area (Å²) in [4.78, 5) is 15.6. The predicted octanol–water partition coefficient (Wildman–Crippen LogP) is 2.83. The van der Waals surface area contributed by atoms with E-state index in [1.54, 1.807) is 12.1 Å². The van der Waals surface area contributed by atoms with Gasteiger partial charge < -0.3 is 10.4 Å². The number of hydrogen-bond donors (Lipinski definition) is 2. The van der Waals surface area contributed by atoms with Gasteiger partial charge in [-0.1, -0.05) is 17.7 Å². The van der Waals surface area contributed by atoms with E-state index in [9.17, 15) is 9.18 Å². The van der Waals surface area contributed by atoms with E-state index in [2.05, 4.69) is 10.3 Å². The second kappa shape index (κ2) is 5.01. The maximum absolute atomic E-state index is 13.1. The van der Waals surface area contributed by atoms with E-state index < -0.39 is 17.5 Å². The van der Waals surface area contributed by atoms with Crippen LogP contribution < -0.4 is 5.32 Å². The number of halogens is 2. The van der Waals surface area contributed by atoms with E-state index >= 15 is 0 Å². The molecule has 1 aromatic heterocycles. The predicted molar refractivity (Wildman–Crippen MR) is 65.3 cm³/mol. The maximum atomic E-state index is 13.1. The lowest BCUT2D eigenvalue weighted by Crippen LogP contribution is -2.13. The molecule has 92 valence electrons. The van der Waals surface area contributed by atoms with Crippen molar-refractivity contribution in [3.63, 3.8) is 0 Å². The minimum atomic E-state index is -0.813. The van der Waals surface area contributed by atoms with Crippen LogP contribution in [-0.2, 0) is 0 Å². The molecule has 0 unspecified atom stereocenters. The normalized spacial score (nSPS) is 10.1. The van der Waals surface area contributed by atoms with Crippen LogP contribution in [0.4, 0.5) is 10.1 Å². The number of nitrogens with one attached hydrogen (secondary N) is 1. The number of carbonyl (C=O) groups excluding carboxylic acids is 1. The van der Waals surface area contributed by atoms with Gasteiger partial charge in [-0.15, -0.1) is 0 Å². The summed E-state index contributed by atoms with van der Waals surface area (Å²) in [7, 11) is 0. The van der Waals surface area contributed by atoms with Gasteiger partial charge in [0.25, 0.3) is 5.91 Å². The van der Waals surface area contributed by atoms with Gasteiger partial charge in [0.15, 0.2) is 11.6 Å². The molecule has 0 aliphatic rings. The van der Waals surface area contributed by atoms with Gasteiger partial charge >= 0.3 is 0 Å². The number of amides is 1. The number of carbonyl (C=O) groups is 1. The molecule has 0 aliphatic heterocycles. The largest absolute Gasteiger partial charge is 0.505 e. The highest BCUT2D eigenvalue weighted by Gasteiger charge is 2.09. The number of nitrogens with zero attached hydrogens (tertiary/aromatic N) is 1. The van der Waals surface area contributed by atoms with Crippen molar-refractivity contribution >= 4 is 23.2 Å². The molecule has 6 heteroatoms. The van der Waals surface area contributed by atoms with Crippen molar-refractivity contribution in [2.45, 2.75) is 0 Å². The highest BCUT2D eigenvalue weighted by molar-refractivity contribution is 6.29. The smallest absolute Gasteiger partial charge is 0.274 e. The lowest BCUT2D eigenvalue weighted by molar-refractivity contribution is 0.102. The van der Waals surface area contributed by atoms with E-state index in [1.165, 1.54) is 12.1 Å². The van der Waals surface area contributed by atoms with Gasteiger partial charge in [0.2, 0.25) is 0 Å². The number of phenolic OH excluding ortho intramolecular Hbond substituents is 1. The van der Waals surface area contributed by atoms with Gasteiger partial charge in [-0.25, -0.2) is 9.37 Å². The summed E-state index contributed by atoms with van der Waals surface area (Å²) >= 11 is 5.65. The fourth-order valence-corrected chi connectivity index (χ4v) is 1.48. The van der Waals surface area contributed by atoms with E-state index in [1.807, 2.05) is 0 Å². The number of rotatable bonds is 2. The standard InChI is InChI=1S/C12H8ClFN2O2/c13-11-3-1-2-9(16-11)12(18)15-7-4-5-10(17)8(14)6-7/h1-6,17H,(H,15,18). The first-order valence-electron chi connectivity index (χ1n) is 4.98. The molecule has 0 saturated carbocycles. The number of pyridine rings is 1. The highest BCUT2D eigenvalue weighted by Crippen LogP contribution is 2.19. The third-order valence-electron chi connectivity index (χ3n) is 2.15. The zero-order chi connectivity index (χ0) is 13.1. The van der Waals surface area contributed by atoms with Crippen LogP contribution >= 0.6 is 11.6 Å². The summed E-state index contributed by atoms with van der Waals surface area (Å²) in [5.41, 5.74) is 0.341. The Morgan fingerprint density at radius 2 is 2.11 bits per heavy atom. The molecular weight excluding hydrogens is 259 g/mol. The molecule has 0 bridgehead atoms. The van der Waals surface area contributed by atoms with Crippen molar-refractivity contribution in [3.8, 4) is 5.75 Å². The quantitative estimate of drug-likeness (QED) is 0.649. The van der Waals surface area contributed by atoms with E-state index in [0.717, 1.165) is 12.1 Å². The Bertz CT molecular complexity index is 604. The van der Waals surface area contributed by atoms with E-state index in [-0.39, 0.29) is 16.5 Å².